The van der Waals surface area contributed by atoms with E-state index in [9.17, 15) is 22.0 Å². The molecule has 0 spiro atoms. The van der Waals surface area contributed by atoms with Gasteiger partial charge in [-0.1, -0.05) is 18.2 Å². The van der Waals surface area contributed by atoms with Gasteiger partial charge in [0.25, 0.3) is 0 Å². The first kappa shape index (κ1) is 12.9. The first-order valence-corrected chi connectivity index (χ1v) is 4.47. The van der Waals surface area contributed by atoms with Crippen LogP contribution in [-0.2, 0) is 5.92 Å². The zero-order chi connectivity index (χ0) is 12.6. The van der Waals surface area contributed by atoms with Gasteiger partial charge in [-0.15, -0.1) is 0 Å². The van der Waals surface area contributed by atoms with E-state index in [0.29, 0.717) is 0 Å². The molecule has 6 heteroatoms. The van der Waals surface area contributed by atoms with Gasteiger partial charge in [-0.2, -0.15) is 22.0 Å². The van der Waals surface area contributed by atoms with Crippen LogP contribution in [0.3, 0.4) is 0 Å². The fourth-order valence-electron chi connectivity index (χ4n) is 1.18. The van der Waals surface area contributed by atoms with Gasteiger partial charge in [-0.3, -0.25) is 0 Å². The van der Waals surface area contributed by atoms with Crippen molar-refractivity contribution in [1.82, 2.24) is 0 Å². The molecule has 0 bridgehead atoms. The van der Waals surface area contributed by atoms with Gasteiger partial charge < -0.3 is 5.73 Å². The Balaban J connectivity index is 3.19. The van der Waals surface area contributed by atoms with E-state index in [1.807, 2.05) is 0 Å². The van der Waals surface area contributed by atoms with Gasteiger partial charge in [-0.05, 0) is 18.6 Å². The maximum Gasteiger partial charge on any atom is 0.458 e. The van der Waals surface area contributed by atoms with Crippen LogP contribution in [0.2, 0.25) is 0 Å². The lowest BCUT2D eigenvalue weighted by Crippen LogP contribution is -2.33. The van der Waals surface area contributed by atoms with E-state index in [1.54, 1.807) is 0 Å². The molecule has 1 rings (SSSR count). The number of alkyl halides is 5. The number of hydrogen-bond donors (Lipinski definition) is 1. The molecule has 0 aromatic heterocycles. The van der Waals surface area contributed by atoms with E-state index in [1.165, 1.54) is 13.0 Å². The average Bonchev–Trinajstić information content (AvgIpc) is 2.16. The molecule has 0 amide bonds. The first-order chi connectivity index (χ1) is 7.16. The summed E-state index contributed by atoms with van der Waals surface area (Å²) >= 11 is 0. The van der Waals surface area contributed by atoms with Crippen molar-refractivity contribution in [2.45, 2.75) is 25.1 Å². The maximum absolute atomic E-state index is 12.9. The van der Waals surface area contributed by atoms with Crippen LogP contribution in [0.25, 0.3) is 0 Å². The van der Waals surface area contributed by atoms with Gasteiger partial charge in [0, 0.05) is 11.6 Å². The van der Waals surface area contributed by atoms with E-state index in [0.717, 1.165) is 18.2 Å². The Morgan fingerprint density at radius 3 is 2.12 bits per heavy atom. The number of hydrogen-bond acceptors (Lipinski definition) is 1. The minimum Gasteiger partial charge on any atom is -0.324 e. The summed E-state index contributed by atoms with van der Waals surface area (Å²) in [5.41, 5.74) is 4.56. The number of halogens is 5. The Bertz CT molecular complexity index is 370. The summed E-state index contributed by atoms with van der Waals surface area (Å²) in [4.78, 5) is 0. The third kappa shape index (κ3) is 2.32. The second-order valence-electron chi connectivity index (χ2n) is 3.49. The fourth-order valence-corrected chi connectivity index (χ4v) is 1.18. The van der Waals surface area contributed by atoms with Crippen molar-refractivity contribution in [3.05, 3.63) is 35.4 Å². The molecule has 0 aliphatic rings. The lowest BCUT2D eigenvalue weighted by molar-refractivity contribution is -0.289. The van der Waals surface area contributed by atoms with Crippen molar-refractivity contribution in [1.29, 1.82) is 0 Å². The van der Waals surface area contributed by atoms with Gasteiger partial charge in [0.05, 0.1) is 0 Å². The first-order valence-electron chi connectivity index (χ1n) is 4.47. The van der Waals surface area contributed by atoms with Crippen molar-refractivity contribution in [2.24, 2.45) is 5.73 Å². The number of nitrogens with two attached hydrogens (primary N) is 1. The molecular weight excluding hydrogens is 229 g/mol. The molecule has 90 valence electrons. The minimum atomic E-state index is -5.59. The Kier molecular flexibility index (Phi) is 3.23. The summed E-state index contributed by atoms with van der Waals surface area (Å²) in [6, 6.07) is 3.45. The SMILES string of the molecule is C[C@@H](N)c1cccc(C(F)(F)C(F)(F)F)c1. The second-order valence-corrected chi connectivity index (χ2v) is 3.49. The van der Waals surface area contributed by atoms with E-state index < -0.39 is 23.7 Å². The van der Waals surface area contributed by atoms with E-state index in [2.05, 4.69) is 0 Å². The van der Waals surface area contributed by atoms with Gasteiger partial charge >= 0.3 is 12.1 Å². The molecule has 0 radical (unpaired) electrons. The Labute approximate surface area is 89.1 Å². The number of rotatable bonds is 2. The van der Waals surface area contributed by atoms with Crippen molar-refractivity contribution < 1.29 is 22.0 Å². The van der Waals surface area contributed by atoms with Gasteiger partial charge in [0.1, 0.15) is 0 Å². The lowest BCUT2D eigenvalue weighted by atomic mass is 10.0. The van der Waals surface area contributed by atoms with E-state index in [4.69, 9.17) is 5.73 Å². The highest BCUT2D eigenvalue weighted by molar-refractivity contribution is 5.29. The quantitative estimate of drug-likeness (QED) is 0.787. The number of benzene rings is 1. The van der Waals surface area contributed by atoms with Gasteiger partial charge in [-0.25, -0.2) is 0 Å². The summed E-state index contributed by atoms with van der Waals surface area (Å²) in [5, 5.41) is 0. The van der Waals surface area contributed by atoms with Crippen LogP contribution in [0.1, 0.15) is 24.1 Å². The molecule has 1 nitrogen and oxygen atoms in total. The third-order valence-electron chi connectivity index (χ3n) is 2.13. The Hall–Kier alpha value is -1.17. The van der Waals surface area contributed by atoms with Crippen molar-refractivity contribution in [3.63, 3.8) is 0 Å². The lowest BCUT2D eigenvalue weighted by Gasteiger charge is -2.20. The summed E-state index contributed by atoms with van der Waals surface area (Å²) in [6.07, 6.45) is -5.59. The fraction of sp³-hybridized carbons (Fsp3) is 0.400. The van der Waals surface area contributed by atoms with E-state index in [-0.39, 0.29) is 5.56 Å². The summed E-state index contributed by atoms with van der Waals surface area (Å²) in [6.45, 7) is 1.50. The van der Waals surface area contributed by atoms with Crippen LogP contribution in [0.4, 0.5) is 22.0 Å². The predicted molar refractivity (Wildman–Crippen MR) is 49.0 cm³/mol. The zero-order valence-electron chi connectivity index (χ0n) is 8.35. The smallest absolute Gasteiger partial charge is 0.324 e. The molecule has 0 heterocycles. The molecule has 0 unspecified atom stereocenters. The molecular formula is C10H10F5N. The van der Waals surface area contributed by atoms with Crippen molar-refractivity contribution in [3.8, 4) is 0 Å². The van der Waals surface area contributed by atoms with Gasteiger partial charge in [0.2, 0.25) is 0 Å². The van der Waals surface area contributed by atoms with Crippen LogP contribution in [-0.4, -0.2) is 6.18 Å². The second kappa shape index (κ2) is 4.01. The van der Waals surface area contributed by atoms with Crippen LogP contribution < -0.4 is 5.73 Å². The molecule has 2 N–H and O–H groups in total. The molecule has 0 saturated carbocycles. The highest BCUT2D eigenvalue weighted by atomic mass is 19.4. The Morgan fingerprint density at radius 2 is 1.69 bits per heavy atom. The molecule has 0 fully saturated rings. The standard InChI is InChI=1S/C10H10F5N/c1-6(16)7-3-2-4-8(5-7)9(11,12)10(13,14)15/h2-6H,16H2,1H3/t6-/m1/s1. The predicted octanol–water partition coefficient (Wildman–Crippen LogP) is 3.36. The maximum atomic E-state index is 12.9. The third-order valence-corrected chi connectivity index (χ3v) is 2.13. The zero-order valence-corrected chi connectivity index (χ0v) is 8.35. The van der Waals surface area contributed by atoms with Crippen molar-refractivity contribution >= 4 is 0 Å². The Morgan fingerprint density at radius 1 is 1.12 bits per heavy atom. The molecule has 16 heavy (non-hydrogen) atoms. The monoisotopic (exact) mass is 239 g/mol. The molecule has 0 aliphatic carbocycles. The molecule has 1 atom stereocenters. The largest absolute Gasteiger partial charge is 0.458 e. The molecule has 0 aliphatic heterocycles. The highest BCUT2D eigenvalue weighted by Crippen LogP contribution is 2.44. The van der Waals surface area contributed by atoms with Crippen LogP contribution in [0, 0.1) is 0 Å². The summed E-state index contributed by atoms with van der Waals surface area (Å²) in [5.74, 6) is -4.85. The summed E-state index contributed by atoms with van der Waals surface area (Å²) in [7, 11) is 0. The van der Waals surface area contributed by atoms with Crippen LogP contribution in [0.15, 0.2) is 24.3 Å². The highest BCUT2D eigenvalue weighted by Gasteiger charge is 2.58. The molecule has 0 saturated heterocycles. The van der Waals surface area contributed by atoms with Crippen LogP contribution >= 0.6 is 0 Å². The molecule has 1 aromatic carbocycles. The van der Waals surface area contributed by atoms with E-state index >= 15 is 0 Å². The van der Waals surface area contributed by atoms with Crippen LogP contribution in [0.5, 0.6) is 0 Å². The summed E-state index contributed by atoms with van der Waals surface area (Å²) < 4.78 is 62.1. The average molecular weight is 239 g/mol. The minimum absolute atomic E-state index is 0.237. The normalized spacial score (nSPS) is 14.9. The van der Waals surface area contributed by atoms with Crippen molar-refractivity contribution in [2.75, 3.05) is 0 Å². The topological polar surface area (TPSA) is 26.0 Å². The van der Waals surface area contributed by atoms with Gasteiger partial charge in [0.15, 0.2) is 0 Å². The molecule has 1 aromatic rings.